The fraction of sp³-hybridized carbons (Fsp3) is 0.455. The van der Waals surface area contributed by atoms with Crippen LogP contribution in [0.5, 0.6) is 0 Å². The number of hydrogen-bond acceptors (Lipinski definition) is 3. The molecular weight excluding hydrogens is 178 g/mol. The molecule has 0 radical (unpaired) electrons. The summed E-state index contributed by atoms with van der Waals surface area (Å²) in [5, 5.41) is 21.8. The number of aliphatic hydroxyl groups excluding tert-OH is 2. The molecule has 1 rings (SSSR count). The standard InChI is InChI=1S/C11H17NO2/c1-8(13)9-3-5-10(6-4-9)11(14)7-12-2/h3-6,8,11-14H,7H2,1-2H3. The van der Waals surface area contributed by atoms with Crippen LogP contribution in [0.3, 0.4) is 0 Å². The van der Waals surface area contributed by atoms with E-state index in [1.54, 1.807) is 14.0 Å². The summed E-state index contributed by atoms with van der Waals surface area (Å²) < 4.78 is 0. The van der Waals surface area contributed by atoms with Gasteiger partial charge in [0, 0.05) is 6.54 Å². The molecule has 0 heterocycles. The Morgan fingerprint density at radius 1 is 1.14 bits per heavy atom. The summed E-state index contributed by atoms with van der Waals surface area (Å²) in [4.78, 5) is 0. The second-order valence-corrected chi connectivity index (χ2v) is 3.42. The molecule has 2 atom stereocenters. The van der Waals surface area contributed by atoms with Crippen molar-refractivity contribution in [2.75, 3.05) is 13.6 Å². The van der Waals surface area contributed by atoms with E-state index < -0.39 is 12.2 Å². The van der Waals surface area contributed by atoms with Gasteiger partial charge < -0.3 is 15.5 Å². The maximum atomic E-state index is 9.63. The molecule has 78 valence electrons. The van der Waals surface area contributed by atoms with Crippen molar-refractivity contribution in [2.45, 2.75) is 19.1 Å². The van der Waals surface area contributed by atoms with Gasteiger partial charge in [-0.2, -0.15) is 0 Å². The van der Waals surface area contributed by atoms with Crippen LogP contribution in [0.25, 0.3) is 0 Å². The number of aliphatic hydroxyl groups is 2. The lowest BCUT2D eigenvalue weighted by Crippen LogP contribution is -2.16. The molecule has 0 aliphatic heterocycles. The second kappa shape index (κ2) is 5.10. The number of rotatable bonds is 4. The summed E-state index contributed by atoms with van der Waals surface area (Å²) in [6, 6.07) is 7.34. The van der Waals surface area contributed by atoms with E-state index in [-0.39, 0.29) is 0 Å². The van der Waals surface area contributed by atoms with Crippen LogP contribution in [0.2, 0.25) is 0 Å². The minimum Gasteiger partial charge on any atom is -0.389 e. The summed E-state index contributed by atoms with van der Waals surface area (Å²) in [6.07, 6.45) is -0.937. The zero-order valence-electron chi connectivity index (χ0n) is 8.57. The van der Waals surface area contributed by atoms with Gasteiger partial charge in [0.1, 0.15) is 0 Å². The van der Waals surface area contributed by atoms with Gasteiger partial charge in [0.05, 0.1) is 12.2 Å². The van der Waals surface area contributed by atoms with Crippen molar-refractivity contribution < 1.29 is 10.2 Å². The van der Waals surface area contributed by atoms with Gasteiger partial charge in [-0.3, -0.25) is 0 Å². The maximum Gasteiger partial charge on any atom is 0.0914 e. The van der Waals surface area contributed by atoms with Crippen molar-refractivity contribution in [2.24, 2.45) is 0 Å². The first-order valence-corrected chi connectivity index (χ1v) is 4.75. The predicted octanol–water partition coefficient (Wildman–Crippen LogP) is 0.993. The Hall–Kier alpha value is -0.900. The first-order valence-electron chi connectivity index (χ1n) is 4.75. The molecule has 0 saturated carbocycles. The second-order valence-electron chi connectivity index (χ2n) is 3.42. The number of likely N-dealkylation sites (N-methyl/N-ethyl adjacent to an activating group) is 1. The average molecular weight is 195 g/mol. The van der Waals surface area contributed by atoms with Crippen LogP contribution in [-0.2, 0) is 0 Å². The molecule has 0 aliphatic carbocycles. The third-order valence-electron chi connectivity index (χ3n) is 2.20. The molecule has 0 fully saturated rings. The van der Waals surface area contributed by atoms with Gasteiger partial charge in [-0.1, -0.05) is 24.3 Å². The first-order chi connectivity index (χ1) is 6.65. The van der Waals surface area contributed by atoms with Crippen LogP contribution in [0.1, 0.15) is 30.3 Å². The van der Waals surface area contributed by atoms with Crippen molar-refractivity contribution in [1.29, 1.82) is 0 Å². The molecule has 14 heavy (non-hydrogen) atoms. The van der Waals surface area contributed by atoms with E-state index in [0.29, 0.717) is 6.54 Å². The fourth-order valence-corrected chi connectivity index (χ4v) is 1.31. The van der Waals surface area contributed by atoms with Gasteiger partial charge in [-0.05, 0) is 25.1 Å². The molecule has 1 aromatic rings. The predicted molar refractivity (Wildman–Crippen MR) is 56.0 cm³/mol. The Kier molecular flexibility index (Phi) is 4.07. The van der Waals surface area contributed by atoms with Gasteiger partial charge in [0.15, 0.2) is 0 Å². The molecule has 3 heteroatoms. The van der Waals surface area contributed by atoms with Crippen molar-refractivity contribution in [3.05, 3.63) is 35.4 Å². The van der Waals surface area contributed by atoms with Crippen LogP contribution >= 0.6 is 0 Å². The topological polar surface area (TPSA) is 52.5 Å². The van der Waals surface area contributed by atoms with Crippen molar-refractivity contribution in [3.63, 3.8) is 0 Å². The Morgan fingerprint density at radius 2 is 1.64 bits per heavy atom. The Morgan fingerprint density at radius 3 is 2.07 bits per heavy atom. The van der Waals surface area contributed by atoms with Gasteiger partial charge >= 0.3 is 0 Å². The summed E-state index contributed by atoms with van der Waals surface area (Å²) in [5.74, 6) is 0. The summed E-state index contributed by atoms with van der Waals surface area (Å²) in [5.41, 5.74) is 1.73. The molecular formula is C11H17NO2. The maximum absolute atomic E-state index is 9.63. The molecule has 0 amide bonds. The highest BCUT2D eigenvalue weighted by Crippen LogP contribution is 2.16. The highest BCUT2D eigenvalue weighted by molar-refractivity contribution is 5.25. The van der Waals surface area contributed by atoms with Gasteiger partial charge in [0.25, 0.3) is 0 Å². The van der Waals surface area contributed by atoms with Crippen LogP contribution in [-0.4, -0.2) is 23.8 Å². The SMILES string of the molecule is CNCC(O)c1ccc(C(C)O)cc1. The third-order valence-corrected chi connectivity index (χ3v) is 2.20. The van der Waals surface area contributed by atoms with Crippen LogP contribution in [0.15, 0.2) is 24.3 Å². The molecule has 0 bridgehead atoms. The summed E-state index contributed by atoms with van der Waals surface area (Å²) in [6.45, 7) is 2.26. The van der Waals surface area contributed by atoms with E-state index in [1.807, 2.05) is 24.3 Å². The van der Waals surface area contributed by atoms with Gasteiger partial charge in [0.2, 0.25) is 0 Å². The molecule has 3 nitrogen and oxygen atoms in total. The Bertz CT molecular complexity index is 269. The number of benzene rings is 1. The molecule has 0 saturated heterocycles. The van der Waals surface area contributed by atoms with E-state index in [2.05, 4.69) is 5.32 Å². The molecule has 1 aromatic carbocycles. The van der Waals surface area contributed by atoms with Crippen LogP contribution in [0, 0.1) is 0 Å². The Labute approximate surface area is 84.4 Å². The lowest BCUT2D eigenvalue weighted by Gasteiger charge is -2.11. The number of hydrogen-bond donors (Lipinski definition) is 3. The lowest BCUT2D eigenvalue weighted by molar-refractivity contribution is 0.177. The molecule has 0 aromatic heterocycles. The van der Waals surface area contributed by atoms with Crippen molar-refractivity contribution in [1.82, 2.24) is 5.32 Å². The monoisotopic (exact) mass is 195 g/mol. The van der Waals surface area contributed by atoms with E-state index in [4.69, 9.17) is 0 Å². The van der Waals surface area contributed by atoms with E-state index >= 15 is 0 Å². The Balaban J connectivity index is 2.72. The van der Waals surface area contributed by atoms with Crippen LogP contribution < -0.4 is 5.32 Å². The van der Waals surface area contributed by atoms with Gasteiger partial charge in [-0.25, -0.2) is 0 Å². The first kappa shape index (κ1) is 11.2. The quantitative estimate of drug-likeness (QED) is 0.671. The molecule has 3 N–H and O–H groups in total. The normalized spacial score (nSPS) is 15.1. The van der Waals surface area contributed by atoms with E-state index in [1.165, 1.54) is 0 Å². The minimum atomic E-state index is -0.483. The van der Waals surface area contributed by atoms with Crippen molar-refractivity contribution >= 4 is 0 Å². The number of nitrogens with one attached hydrogen (secondary N) is 1. The fourth-order valence-electron chi connectivity index (χ4n) is 1.31. The van der Waals surface area contributed by atoms with E-state index in [9.17, 15) is 10.2 Å². The third kappa shape index (κ3) is 2.80. The highest BCUT2D eigenvalue weighted by atomic mass is 16.3. The molecule has 0 spiro atoms. The lowest BCUT2D eigenvalue weighted by atomic mass is 10.0. The smallest absolute Gasteiger partial charge is 0.0914 e. The zero-order chi connectivity index (χ0) is 10.6. The average Bonchev–Trinajstić information content (AvgIpc) is 2.18. The molecule has 0 aliphatic rings. The van der Waals surface area contributed by atoms with E-state index in [0.717, 1.165) is 11.1 Å². The summed E-state index contributed by atoms with van der Waals surface area (Å²) >= 11 is 0. The minimum absolute atomic E-state index is 0.453. The zero-order valence-corrected chi connectivity index (χ0v) is 8.57. The largest absolute Gasteiger partial charge is 0.389 e. The van der Waals surface area contributed by atoms with Gasteiger partial charge in [-0.15, -0.1) is 0 Å². The van der Waals surface area contributed by atoms with Crippen LogP contribution in [0.4, 0.5) is 0 Å². The molecule has 2 unspecified atom stereocenters. The highest BCUT2D eigenvalue weighted by Gasteiger charge is 2.06. The summed E-state index contributed by atoms with van der Waals surface area (Å²) in [7, 11) is 1.80. The van der Waals surface area contributed by atoms with Crippen molar-refractivity contribution in [3.8, 4) is 0 Å².